The van der Waals surface area contributed by atoms with E-state index in [4.69, 9.17) is 0 Å². The topological polar surface area (TPSA) is 29.3 Å². The summed E-state index contributed by atoms with van der Waals surface area (Å²) in [6.07, 6.45) is 9.91. The second-order valence-corrected chi connectivity index (χ2v) is 6.92. The van der Waals surface area contributed by atoms with Gasteiger partial charge in [0.15, 0.2) is 0 Å². The number of hydrogen-bond donors (Lipinski definition) is 1. The van der Waals surface area contributed by atoms with Gasteiger partial charge in [0.2, 0.25) is 0 Å². The van der Waals surface area contributed by atoms with Gasteiger partial charge in [0.1, 0.15) is 0 Å². The van der Waals surface area contributed by atoms with Gasteiger partial charge in [-0.1, -0.05) is 91.9 Å². The minimum absolute atomic E-state index is 0.499. The third kappa shape index (κ3) is 9.89. The van der Waals surface area contributed by atoms with Crippen LogP contribution in [0.25, 0.3) is 5.52 Å². The number of aryl methyl sites for hydroxylation is 1. The van der Waals surface area contributed by atoms with Crippen LogP contribution in [0.15, 0.2) is 66.1 Å². The molecule has 1 N–H and O–H groups in total. The average Bonchev–Trinajstić information content (AvgIpc) is 3.37. The van der Waals surface area contributed by atoms with Gasteiger partial charge < -0.3 is 9.72 Å². The van der Waals surface area contributed by atoms with Crippen molar-refractivity contribution in [3.63, 3.8) is 0 Å². The number of hydrogen-bond acceptors (Lipinski definition) is 3. The van der Waals surface area contributed by atoms with Crippen LogP contribution in [0.2, 0.25) is 0 Å². The molecular weight excluding hydrogens is 374 g/mol. The van der Waals surface area contributed by atoms with Crippen LogP contribution in [-0.4, -0.2) is 14.8 Å². The number of pyridine rings is 1. The quantitative estimate of drug-likeness (QED) is 0.548. The highest BCUT2D eigenvalue weighted by atomic mass is 32.2. The summed E-state index contributed by atoms with van der Waals surface area (Å²) in [6, 6.07) is 6.07. The predicted molar refractivity (Wildman–Crippen MR) is 135 cm³/mol. The van der Waals surface area contributed by atoms with Crippen LogP contribution < -0.4 is 5.32 Å². The summed E-state index contributed by atoms with van der Waals surface area (Å²) in [7, 11) is 0. The van der Waals surface area contributed by atoms with E-state index >= 15 is 0 Å². The molecule has 3 rings (SSSR count). The first kappa shape index (κ1) is 29.3. The molecule has 0 radical (unpaired) electrons. The Morgan fingerprint density at radius 3 is 2.24 bits per heavy atom. The Labute approximate surface area is 184 Å². The molecule has 1 aliphatic rings. The summed E-state index contributed by atoms with van der Waals surface area (Å²) >= 11 is 1.89. The summed E-state index contributed by atoms with van der Waals surface area (Å²) < 4.78 is 2.01. The molecule has 0 aromatic carbocycles. The van der Waals surface area contributed by atoms with Crippen LogP contribution in [0.5, 0.6) is 0 Å². The minimum atomic E-state index is 0.499. The fourth-order valence-electron chi connectivity index (χ4n) is 2.28. The zero-order chi connectivity index (χ0) is 22.8. The van der Waals surface area contributed by atoms with Crippen molar-refractivity contribution in [1.29, 1.82) is 0 Å². The smallest absolute Gasteiger partial charge is 0.0995 e. The maximum Gasteiger partial charge on any atom is 0.0995 e. The summed E-state index contributed by atoms with van der Waals surface area (Å²) in [5.74, 6) is 0.641. The molecule has 0 spiro atoms. The van der Waals surface area contributed by atoms with Crippen molar-refractivity contribution < 1.29 is 0 Å². The first-order valence-corrected chi connectivity index (χ1v) is 11.8. The van der Waals surface area contributed by atoms with Crippen LogP contribution in [-0.2, 0) is 0 Å². The molecule has 3 nitrogen and oxygen atoms in total. The van der Waals surface area contributed by atoms with E-state index in [1.807, 2.05) is 102 Å². The Kier molecular flexibility index (Phi) is 18.3. The Hall–Kier alpha value is -1.94. The molecule has 1 unspecified atom stereocenters. The number of nitrogens with one attached hydrogen (secondary N) is 1. The van der Waals surface area contributed by atoms with E-state index in [-0.39, 0.29) is 0 Å². The molecule has 0 bridgehead atoms. The predicted octanol–water partition coefficient (Wildman–Crippen LogP) is 8.00. The number of rotatable bonds is 3. The van der Waals surface area contributed by atoms with Crippen LogP contribution in [0.4, 0.5) is 0 Å². The average molecular weight is 418 g/mol. The fraction of sp³-hybridized carbons (Fsp3) is 0.480. The van der Waals surface area contributed by atoms with Gasteiger partial charge >= 0.3 is 0 Å². The third-order valence-corrected chi connectivity index (χ3v) is 5.11. The van der Waals surface area contributed by atoms with Gasteiger partial charge in [0.05, 0.1) is 22.9 Å². The van der Waals surface area contributed by atoms with Crippen molar-refractivity contribution >= 4 is 17.3 Å². The van der Waals surface area contributed by atoms with E-state index in [0.717, 1.165) is 5.69 Å². The van der Waals surface area contributed by atoms with Crippen LogP contribution in [0.3, 0.4) is 0 Å². The zero-order valence-electron chi connectivity index (χ0n) is 20.3. The summed E-state index contributed by atoms with van der Waals surface area (Å²) in [6.45, 7) is 24.3. The Morgan fingerprint density at radius 1 is 1.14 bits per heavy atom. The first-order chi connectivity index (χ1) is 14.1. The number of nitrogens with zero attached hydrogens (tertiary/aromatic N) is 2. The minimum Gasteiger partial charge on any atom is -0.372 e. The standard InChI is InChI=1S/C11H17NS.C8H8N2.3C2H6/c1-5-7-10-9(6-2)12-11(13-10)8(3)4;1-7-8-4-2-3-5-10(8)6-9-7;3*1-2/h5-8,11-12H,2H2,1,3-4H3;2-6H,1H3;3*1-2H3/b7-5-;;;;. The highest BCUT2D eigenvalue weighted by Crippen LogP contribution is 2.35. The maximum atomic E-state index is 4.16. The van der Waals surface area contributed by atoms with Gasteiger partial charge in [-0.25, -0.2) is 4.98 Å². The van der Waals surface area contributed by atoms with Crippen molar-refractivity contribution in [3.8, 4) is 0 Å². The lowest BCUT2D eigenvalue weighted by molar-refractivity contribution is 0.567. The van der Waals surface area contributed by atoms with Gasteiger partial charge in [-0.2, -0.15) is 0 Å². The lowest BCUT2D eigenvalue weighted by Gasteiger charge is -2.14. The highest BCUT2D eigenvalue weighted by molar-refractivity contribution is 8.04. The molecule has 2 aromatic rings. The third-order valence-electron chi connectivity index (χ3n) is 3.58. The molecule has 0 aliphatic carbocycles. The number of fused-ring (bicyclic) bond motifs is 1. The number of imidazole rings is 1. The molecule has 0 saturated carbocycles. The van der Waals surface area contributed by atoms with Gasteiger partial charge in [0.25, 0.3) is 0 Å². The highest BCUT2D eigenvalue weighted by Gasteiger charge is 2.23. The van der Waals surface area contributed by atoms with E-state index in [0.29, 0.717) is 11.3 Å². The van der Waals surface area contributed by atoms with Crippen molar-refractivity contribution in [2.75, 3.05) is 0 Å². The molecular formula is C25H43N3S. The molecule has 3 heterocycles. The van der Waals surface area contributed by atoms with Gasteiger partial charge in [0, 0.05) is 16.8 Å². The molecule has 4 heteroatoms. The Morgan fingerprint density at radius 2 is 1.76 bits per heavy atom. The van der Waals surface area contributed by atoms with Crippen molar-refractivity contribution in [1.82, 2.24) is 14.7 Å². The van der Waals surface area contributed by atoms with E-state index in [9.17, 15) is 0 Å². The lowest BCUT2D eigenvalue weighted by Crippen LogP contribution is -2.24. The molecule has 1 aliphatic heterocycles. The molecule has 0 saturated heterocycles. The lowest BCUT2D eigenvalue weighted by atomic mass is 10.2. The molecule has 0 amide bonds. The zero-order valence-corrected chi connectivity index (χ0v) is 21.1. The largest absolute Gasteiger partial charge is 0.372 e. The summed E-state index contributed by atoms with van der Waals surface area (Å²) in [4.78, 5) is 5.46. The van der Waals surface area contributed by atoms with Crippen molar-refractivity contribution in [2.45, 2.75) is 74.6 Å². The molecule has 164 valence electrons. The van der Waals surface area contributed by atoms with Crippen LogP contribution in [0.1, 0.15) is 68.0 Å². The molecule has 0 fully saturated rings. The van der Waals surface area contributed by atoms with E-state index in [1.54, 1.807) is 0 Å². The van der Waals surface area contributed by atoms with Gasteiger partial charge in [-0.05, 0) is 38.0 Å². The van der Waals surface area contributed by atoms with Gasteiger partial charge in [-0.15, -0.1) is 0 Å². The van der Waals surface area contributed by atoms with Crippen molar-refractivity contribution in [3.05, 3.63) is 71.8 Å². The maximum absolute atomic E-state index is 4.16. The van der Waals surface area contributed by atoms with Crippen molar-refractivity contribution in [2.24, 2.45) is 5.92 Å². The fourth-order valence-corrected chi connectivity index (χ4v) is 3.49. The normalized spacial score (nSPS) is 14.5. The van der Waals surface area contributed by atoms with E-state index in [1.165, 1.54) is 16.1 Å². The van der Waals surface area contributed by atoms with Crippen LogP contribution >= 0.6 is 11.8 Å². The second-order valence-electron chi connectivity index (χ2n) is 5.73. The molecule has 2 aromatic heterocycles. The number of aromatic nitrogens is 2. The monoisotopic (exact) mass is 417 g/mol. The Bertz CT molecular complexity index is 726. The van der Waals surface area contributed by atoms with Crippen LogP contribution in [0, 0.1) is 12.8 Å². The second kappa shape index (κ2) is 18.1. The first-order valence-electron chi connectivity index (χ1n) is 10.9. The van der Waals surface area contributed by atoms with Gasteiger partial charge in [-0.3, -0.25) is 0 Å². The molecule has 1 atom stereocenters. The van der Waals surface area contributed by atoms with E-state index < -0.39 is 0 Å². The molecule has 29 heavy (non-hydrogen) atoms. The number of allylic oxidation sites excluding steroid dienone is 3. The summed E-state index contributed by atoms with van der Waals surface area (Å²) in [5, 5.41) is 3.95. The number of thioether (sulfide) groups is 1. The summed E-state index contributed by atoms with van der Waals surface area (Å²) in [5.41, 5.74) is 3.44. The van der Waals surface area contributed by atoms with E-state index in [2.05, 4.69) is 48.9 Å². The SMILES string of the molecule is C=CC1=C(/C=C\C)SC(C(C)C)N1.CC.CC.CC.Cc1ncn2ccccc12. The Balaban J connectivity index is 0.